The van der Waals surface area contributed by atoms with Gasteiger partial charge in [-0.15, -0.1) is 11.3 Å². The minimum absolute atomic E-state index is 0.675. The zero-order valence-corrected chi connectivity index (χ0v) is 12.0. The Morgan fingerprint density at radius 2 is 2.41 bits per heavy atom. The van der Waals surface area contributed by atoms with Crippen LogP contribution < -0.4 is 5.32 Å². The lowest BCUT2D eigenvalue weighted by molar-refractivity contribution is 0.163. The summed E-state index contributed by atoms with van der Waals surface area (Å²) in [6, 6.07) is 2.91. The Morgan fingerprint density at radius 1 is 1.59 bits per heavy atom. The quantitative estimate of drug-likeness (QED) is 0.886. The van der Waals surface area contributed by atoms with Crippen molar-refractivity contribution in [1.29, 1.82) is 0 Å². The Labute approximate surface area is 109 Å². The number of rotatable bonds is 4. The second kappa shape index (κ2) is 5.98. The zero-order chi connectivity index (χ0) is 12.3. The van der Waals surface area contributed by atoms with Gasteiger partial charge in [0.2, 0.25) is 0 Å². The largest absolute Gasteiger partial charge is 0.311 e. The third-order valence-electron chi connectivity index (χ3n) is 3.96. The fourth-order valence-electron chi connectivity index (χ4n) is 2.42. The lowest BCUT2D eigenvalue weighted by Gasteiger charge is -2.36. The molecule has 1 aromatic heterocycles. The van der Waals surface area contributed by atoms with E-state index >= 15 is 0 Å². The van der Waals surface area contributed by atoms with Crippen LogP contribution in [0.2, 0.25) is 0 Å². The van der Waals surface area contributed by atoms with Crippen LogP contribution >= 0.6 is 11.3 Å². The van der Waals surface area contributed by atoms with Crippen LogP contribution in [0, 0.1) is 12.8 Å². The van der Waals surface area contributed by atoms with Gasteiger partial charge in [0.1, 0.15) is 0 Å². The summed E-state index contributed by atoms with van der Waals surface area (Å²) in [6.45, 7) is 11.5. The van der Waals surface area contributed by atoms with Crippen molar-refractivity contribution in [2.75, 3.05) is 19.6 Å². The number of hydrogen-bond acceptors (Lipinski definition) is 3. The first-order chi connectivity index (χ1) is 8.20. The Hall–Kier alpha value is -0.380. The number of thiophene rings is 1. The molecule has 0 saturated carbocycles. The molecule has 2 nitrogen and oxygen atoms in total. The average molecular weight is 252 g/mol. The number of hydrogen-bond donors (Lipinski definition) is 1. The zero-order valence-electron chi connectivity index (χ0n) is 11.2. The standard InChI is InChI=1S/C14H24N2S/c1-4-11(2)13-9-16(7-6-15-13)10-14-12(3)5-8-17-14/h5,8,11,13,15H,4,6-7,9-10H2,1-3H3. The van der Waals surface area contributed by atoms with Crippen molar-refractivity contribution in [1.82, 2.24) is 10.2 Å². The maximum atomic E-state index is 3.66. The van der Waals surface area contributed by atoms with E-state index in [-0.39, 0.29) is 0 Å². The lowest BCUT2D eigenvalue weighted by atomic mass is 9.97. The number of nitrogens with one attached hydrogen (secondary N) is 1. The summed E-state index contributed by atoms with van der Waals surface area (Å²) in [6.07, 6.45) is 1.27. The molecule has 3 heteroatoms. The second-order valence-corrected chi connectivity index (χ2v) is 6.21. The van der Waals surface area contributed by atoms with E-state index in [1.54, 1.807) is 0 Å². The molecule has 2 rings (SSSR count). The Balaban J connectivity index is 1.91. The van der Waals surface area contributed by atoms with E-state index in [1.807, 2.05) is 11.3 Å². The molecule has 1 fully saturated rings. The molecule has 0 aliphatic carbocycles. The van der Waals surface area contributed by atoms with E-state index in [0.29, 0.717) is 6.04 Å². The van der Waals surface area contributed by atoms with Crippen LogP contribution in [0.1, 0.15) is 30.7 Å². The van der Waals surface area contributed by atoms with Crippen molar-refractivity contribution in [3.05, 3.63) is 21.9 Å². The highest BCUT2D eigenvalue weighted by Gasteiger charge is 2.23. The van der Waals surface area contributed by atoms with Gasteiger partial charge < -0.3 is 5.32 Å². The van der Waals surface area contributed by atoms with Crippen molar-refractivity contribution < 1.29 is 0 Å². The molecule has 1 saturated heterocycles. The van der Waals surface area contributed by atoms with E-state index in [2.05, 4.69) is 42.4 Å². The molecule has 2 atom stereocenters. The van der Waals surface area contributed by atoms with Gasteiger partial charge in [-0.05, 0) is 29.9 Å². The van der Waals surface area contributed by atoms with Gasteiger partial charge in [0, 0.05) is 37.1 Å². The van der Waals surface area contributed by atoms with Gasteiger partial charge in [-0.25, -0.2) is 0 Å². The highest BCUT2D eigenvalue weighted by molar-refractivity contribution is 7.10. The summed E-state index contributed by atoms with van der Waals surface area (Å²) in [4.78, 5) is 4.14. The molecule has 0 spiro atoms. The monoisotopic (exact) mass is 252 g/mol. The van der Waals surface area contributed by atoms with Gasteiger partial charge >= 0.3 is 0 Å². The number of nitrogens with zero attached hydrogens (tertiary/aromatic N) is 1. The van der Waals surface area contributed by atoms with E-state index in [1.165, 1.54) is 30.0 Å². The molecule has 17 heavy (non-hydrogen) atoms. The van der Waals surface area contributed by atoms with Crippen LogP contribution in [-0.2, 0) is 6.54 Å². The normalized spacial score (nSPS) is 23.8. The summed E-state index contributed by atoms with van der Waals surface area (Å²) in [5.41, 5.74) is 1.45. The van der Waals surface area contributed by atoms with Gasteiger partial charge in [0.05, 0.1) is 0 Å². The van der Waals surface area contributed by atoms with Crippen molar-refractivity contribution in [2.45, 2.75) is 39.8 Å². The van der Waals surface area contributed by atoms with Gasteiger partial charge in [0.15, 0.2) is 0 Å². The van der Waals surface area contributed by atoms with Crippen molar-refractivity contribution in [3.63, 3.8) is 0 Å². The Bertz CT molecular complexity index is 348. The van der Waals surface area contributed by atoms with Crippen LogP contribution in [0.3, 0.4) is 0 Å². The summed E-state index contributed by atoms with van der Waals surface area (Å²) in [5, 5.41) is 5.86. The maximum Gasteiger partial charge on any atom is 0.0331 e. The van der Waals surface area contributed by atoms with Crippen molar-refractivity contribution >= 4 is 11.3 Å². The van der Waals surface area contributed by atoms with E-state index in [0.717, 1.165) is 19.0 Å². The van der Waals surface area contributed by atoms with Gasteiger partial charge in [-0.2, -0.15) is 0 Å². The third kappa shape index (κ3) is 3.30. The molecule has 1 aliphatic rings. The van der Waals surface area contributed by atoms with Crippen LogP contribution in [0.25, 0.3) is 0 Å². The predicted octanol–water partition coefficient (Wildman–Crippen LogP) is 2.88. The van der Waals surface area contributed by atoms with Crippen LogP contribution in [-0.4, -0.2) is 30.6 Å². The second-order valence-electron chi connectivity index (χ2n) is 5.21. The first-order valence-corrected chi connectivity index (χ1v) is 7.57. The minimum Gasteiger partial charge on any atom is -0.311 e. The smallest absolute Gasteiger partial charge is 0.0331 e. The molecular formula is C14H24N2S. The molecule has 1 N–H and O–H groups in total. The molecular weight excluding hydrogens is 228 g/mol. The maximum absolute atomic E-state index is 3.66. The molecule has 0 amide bonds. The summed E-state index contributed by atoms with van der Waals surface area (Å²) in [7, 11) is 0. The van der Waals surface area contributed by atoms with Gasteiger partial charge in [-0.1, -0.05) is 20.3 Å². The van der Waals surface area contributed by atoms with E-state index < -0.39 is 0 Å². The Kier molecular flexibility index (Phi) is 4.60. The van der Waals surface area contributed by atoms with Gasteiger partial charge in [0.25, 0.3) is 0 Å². The lowest BCUT2D eigenvalue weighted by Crippen LogP contribution is -2.52. The molecule has 0 bridgehead atoms. The first kappa shape index (κ1) is 13.1. The van der Waals surface area contributed by atoms with Crippen molar-refractivity contribution in [2.24, 2.45) is 5.92 Å². The molecule has 0 aromatic carbocycles. The van der Waals surface area contributed by atoms with Crippen LogP contribution in [0.5, 0.6) is 0 Å². The summed E-state index contributed by atoms with van der Waals surface area (Å²) in [5.74, 6) is 0.780. The first-order valence-electron chi connectivity index (χ1n) is 6.69. The van der Waals surface area contributed by atoms with Crippen molar-refractivity contribution in [3.8, 4) is 0 Å². The average Bonchev–Trinajstić information content (AvgIpc) is 2.74. The number of aryl methyl sites for hydroxylation is 1. The molecule has 0 radical (unpaired) electrons. The van der Waals surface area contributed by atoms with Gasteiger partial charge in [-0.3, -0.25) is 4.90 Å². The fraction of sp³-hybridized carbons (Fsp3) is 0.714. The molecule has 1 aliphatic heterocycles. The minimum atomic E-state index is 0.675. The van der Waals surface area contributed by atoms with Crippen LogP contribution in [0.15, 0.2) is 11.4 Å². The molecule has 96 valence electrons. The van der Waals surface area contributed by atoms with E-state index in [9.17, 15) is 0 Å². The highest BCUT2D eigenvalue weighted by atomic mass is 32.1. The summed E-state index contributed by atoms with van der Waals surface area (Å²) >= 11 is 1.90. The SMILES string of the molecule is CCC(C)C1CN(Cc2sccc2C)CCN1. The molecule has 2 unspecified atom stereocenters. The predicted molar refractivity (Wildman–Crippen MR) is 75.6 cm³/mol. The third-order valence-corrected chi connectivity index (χ3v) is 4.96. The summed E-state index contributed by atoms with van der Waals surface area (Å²) < 4.78 is 0. The van der Waals surface area contributed by atoms with E-state index in [4.69, 9.17) is 0 Å². The molecule has 1 aromatic rings. The number of piperazine rings is 1. The molecule has 2 heterocycles. The highest BCUT2D eigenvalue weighted by Crippen LogP contribution is 2.20. The Morgan fingerprint density at radius 3 is 3.06 bits per heavy atom. The fourth-order valence-corrected chi connectivity index (χ4v) is 3.37. The van der Waals surface area contributed by atoms with Crippen LogP contribution in [0.4, 0.5) is 0 Å². The topological polar surface area (TPSA) is 15.3 Å².